The Labute approximate surface area is 81.9 Å². The summed E-state index contributed by atoms with van der Waals surface area (Å²) in [5.41, 5.74) is 13.2. The Morgan fingerprint density at radius 3 is 2.86 bits per heavy atom. The zero-order chi connectivity index (χ0) is 10.8. The molecule has 0 heterocycles. The highest BCUT2D eigenvalue weighted by atomic mass is 16.4. The highest BCUT2D eigenvalue weighted by Crippen LogP contribution is 2.01. The Kier molecular flexibility index (Phi) is 7.53. The lowest BCUT2D eigenvalue weighted by molar-refractivity contribution is -0.139. The first-order chi connectivity index (χ1) is 6.72. The van der Waals surface area contributed by atoms with Gasteiger partial charge in [-0.3, -0.25) is 10.1 Å². The molecule has 4 N–H and O–H groups in total. The molecule has 0 aliphatic heterocycles. The van der Waals surface area contributed by atoms with E-state index >= 15 is 0 Å². The number of hydrogen-bond donors (Lipinski definition) is 3. The largest absolute Gasteiger partial charge is 0.480 e. The Morgan fingerprint density at radius 1 is 1.64 bits per heavy atom. The number of carboxylic acid groups (broad SMARTS) is 1. The predicted molar refractivity (Wildman–Crippen MR) is 51.5 cm³/mol. The maximum Gasteiger partial charge on any atom is 0.320 e. The number of rotatable bonds is 8. The molecule has 80 valence electrons. The average molecular weight is 201 g/mol. The van der Waals surface area contributed by atoms with E-state index in [1.807, 2.05) is 0 Å². The van der Waals surface area contributed by atoms with Crippen LogP contribution in [0.3, 0.4) is 0 Å². The van der Waals surface area contributed by atoms with Gasteiger partial charge in [0.1, 0.15) is 6.04 Å². The summed E-state index contributed by atoms with van der Waals surface area (Å²) in [5.74, 6) is -0.903. The van der Waals surface area contributed by atoms with Crippen molar-refractivity contribution in [1.29, 1.82) is 0 Å². The number of hydrogen-bond acceptors (Lipinski definition) is 4. The number of unbranched alkanes of at least 4 members (excludes halogenated alkanes) is 1. The van der Waals surface area contributed by atoms with E-state index in [2.05, 4.69) is 15.3 Å². The number of nitrogens with zero attached hydrogens (tertiary/aromatic N) is 3. The second-order valence-electron chi connectivity index (χ2n) is 2.75. The number of nitrogens with one attached hydrogen (secondary N) is 1. The minimum Gasteiger partial charge on any atom is -0.480 e. The molecule has 0 aliphatic carbocycles. The smallest absolute Gasteiger partial charge is 0.320 e. The molecule has 7 heteroatoms. The third-order valence-corrected chi connectivity index (χ3v) is 1.73. The molecule has 0 bridgehead atoms. The van der Waals surface area contributed by atoms with Crippen molar-refractivity contribution in [2.45, 2.75) is 25.3 Å². The fraction of sp³-hybridized carbons (Fsp3) is 0.857. The van der Waals surface area contributed by atoms with E-state index in [1.165, 1.54) is 0 Å². The van der Waals surface area contributed by atoms with Crippen molar-refractivity contribution in [3.8, 4) is 0 Å². The van der Waals surface area contributed by atoms with Gasteiger partial charge in [-0.05, 0) is 18.4 Å². The van der Waals surface area contributed by atoms with Gasteiger partial charge in [-0.15, -0.1) is 0 Å². The second-order valence-corrected chi connectivity index (χ2v) is 2.75. The summed E-state index contributed by atoms with van der Waals surface area (Å²) in [6.45, 7) is 0.554. The fourth-order valence-corrected chi connectivity index (χ4v) is 1.03. The van der Waals surface area contributed by atoms with Gasteiger partial charge in [0, 0.05) is 18.1 Å². The van der Waals surface area contributed by atoms with Gasteiger partial charge in [0.25, 0.3) is 0 Å². The lowest BCUT2D eigenvalue weighted by Crippen LogP contribution is -2.39. The van der Waals surface area contributed by atoms with E-state index in [1.54, 1.807) is 0 Å². The van der Waals surface area contributed by atoms with Crippen LogP contribution in [0.4, 0.5) is 0 Å². The van der Waals surface area contributed by atoms with Crippen LogP contribution in [0.2, 0.25) is 0 Å². The monoisotopic (exact) mass is 201 g/mol. The third-order valence-electron chi connectivity index (χ3n) is 1.73. The molecule has 0 aromatic carbocycles. The molecule has 0 saturated heterocycles. The normalized spacial score (nSPS) is 11.8. The van der Waals surface area contributed by atoms with Gasteiger partial charge in [0.15, 0.2) is 0 Å². The summed E-state index contributed by atoms with van der Waals surface area (Å²) in [6.07, 6.45) is 1.89. The number of carboxylic acids is 1. The van der Waals surface area contributed by atoms with E-state index in [-0.39, 0.29) is 6.67 Å². The van der Waals surface area contributed by atoms with Crippen molar-refractivity contribution >= 4 is 5.97 Å². The van der Waals surface area contributed by atoms with Crippen LogP contribution in [-0.2, 0) is 4.79 Å². The molecular formula is C7H15N5O2. The topological polar surface area (TPSA) is 124 Å². The molecule has 0 spiro atoms. The van der Waals surface area contributed by atoms with E-state index in [4.69, 9.17) is 16.4 Å². The van der Waals surface area contributed by atoms with Crippen LogP contribution in [0.5, 0.6) is 0 Å². The number of azide groups is 1. The minimum atomic E-state index is -0.903. The summed E-state index contributed by atoms with van der Waals surface area (Å²) in [6, 6.07) is -0.605. The summed E-state index contributed by atoms with van der Waals surface area (Å²) < 4.78 is 0. The SMILES string of the molecule is [N-]=[N+]=NCCCCC(NCN)C(=O)O. The van der Waals surface area contributed by atoms with Crippen molar-refractivity contribution < 1.29 is 9.90 Å². The van der Waals surface area contributed by atoms with Gasteiger partial charge in [-0.2, -0.15) is 0 Å². The molecular weight excluding hydrogens is 186 g/mol. The minimum absolute atomic E-state index is 0.146. The van der Waals surface area contributed by atoms with Crippen LogP contribution >= 0.6 is 0 Å². The Bertz CT molecular complexity index is 214. The summed E-state index contributed by atoms with van der Waals surface area (Å²) in [5, 5.41) is 14.7. The summed E-state index contributed by atoms with van der Waals surface area (Å²) in [4.78, 5) is 13.2. The van der Waals surface area contributed by atoms with Gasteiger partial charge in [0.05, 0.1) is 0 Å². The molecule has 0 aromatic heterocycles. The molecule has 0 rings (SSSR count). The zero-order valence-electron chi connectivity index (χ0n) is 7.89. The van der Waals surface area contributed by atoms with Gasteiger partial charge >= 0.3 is 5.97 Å². The quantitative estimate of drug-likeness (QED) is 0.173. The van der Waals surface area contributed by atoms with Crippen LogP contribution in [0.1, 0.15) is 19.3 Å². The van der Waals surface area contributed by atoms with Crippen LogP contribution < -0.4 is 11.1 Å². The van der Waals surface area contributed by atoms with E-state index in [0.29, 0.717) is 25.8 Å². The molecule has 1 unspecified atom stereocenters. The molecule has 14 heavy (non-hydrogen) atoms. The molecule has 1 atom stereocenters. The maximum atomic E-state index is 10.6. The molecule has 0 aliphatic rings. The first kappa shape index (κ1) is 12.7. The Hall–Kier alpha value is -1.30. The van der Waals surface area contributed by atoms with Crippen LogP contribution in [-0.4, -0.2) is 30.3 Å². The lowest BCUT2D eigenvalue weighted by atomic mass is 10.1. The first-order valence-electron chi connectivity index (χ1n) is 4.39. The second kappa shape index (κ2) is 8.31. The molecule has 0 amide bonds. The molecule has 0 radical (unpaired) electrons. The van der Waals surface area contributed by atoms with Gasteiger partial charge in [-0.1, -0.05) is 11.5 Å². The third kappa shape index (κ3) is 6.24. The fourth-order valence-electron chi connectivity index (χ4n) is 1.03. The molecule has 0 saturated carbocycles. The van der Waals surface area contributed by atoms with Gasteiger partial charge in [0.2, 0.25) is 0 Å². The number of carbonyl (C=O) groups is 1. The van der Waals surface area contributed by atoms with E-state index in [9.17, 15) is 4.79 Å². The molecule has 0 fully saturated rings. The predicted octanol–water partition coefficient (Wildman–Crippen LogP) is 0.426. The van der Waals surface area contributed by atoms with Crippen LogP contribution in [0, 0.1) is 0 Å². The maximum absolute atomic E-state index is 10.6. The number of aliphatic carboxylic acids is 1. The summed E-state index contributed by atoms with van der Waals surface area (Å²) >= 11 is 0. The Balaban J connectivity index is 3.60. The standard InChI is InChI=1S/C7H15N5O2/c8-5-10-6(7(13)14)3-1-2-4-11-12-9/h6,10H,1-5,8H2,(H,13,14). The van der Waals surface area contributed by atoms with E-state index < -0.39 is 12.0 Å². The summed E-state index contributed by atoms with van der Waals surface area (Å²) in [7, 11) is 0. The molecule has 0 aromatic rings. The van der Waals surface area contributed by atoms with E-state index in [0.717, 1.165) is 0 Å². The van der Waals surface area contributed by atoms with Crippen molar-refractivity contribution in [2.75, 3.05) is 13.2 Å². The van der Waals surface area contributed by atoms with Crippen LogP contribution in [0.25, 0.3) is 10.4 Å². The lowest BCUT2D eigenvalue weighted by Gasteiger charge is -2.11. The Morgan fingerprint density at radius 2 is 2.36 bits per heavy atom. The first-order valence-corrected chi connectivity index (χ1v) is 4.39. The average Bonchev–Trinajstić information content (AvgIpc) is 2.15. The highest BCUT2D eigenvalue weighted by Gasteiger charge is 2.14. The van der Waals surface area contributed by atoms with Gasteiger partial charge < -0.3 is 10.8 Å². The molecule has 7 nitrogen and oxygen atoms in total. The van der Waals surface area contributed by atoms with Gasteiger partial charge in [-0.25, -0.2) is 0 Å². The van der Waals surface area contributed by atoms with Crippen molar-refractivity contribution in [3.63, 3.8) is 0 Å². The number of nitrogens with two attached hydrogens (primary N) is 1. The van der Waals surface area contributed by atoms with Crippen molar-refractivity contribution in [1.82, 2.24) is 5.32 Å². The van der Waals surface area contributed by atoms with Crippen molar-refractivity contribution in [3.05, 3.63) is 10.4 Å². The zero-order valence-corrected chi connectivity index (χ0v) is 7.89. The highest BCUT2D eigenvalue weighted by molar-refractivity contribution is 5.73. The van der Waals surface area contributed by atoms with Crippen LogP contribution in [0.15, 0.2) is 5.11 Å². The van der Waals surface area contributed by atoms with Crippen molar-refractivity contribution in [2.24, 2.45) is 10.8 Å².